The van der Waals surface area contributed by atoms with Gasteiger partial charge in [0.25, 0.3) is 5.91 Å². The lowest BCUT2D eigenvalue weighted by Gasteiger charge is -2.32. The average molecular weight is 379 g/mol. The van der Waals surface area contributed by atoms with E-state index >= 15 is 0 Å². The summed E-state index contributed by atoms with van der Waals surface area (Å²) >= 11 is 0. The van der Waals surface area contributed by atoms with E-state index in [9.17, 15) is 9.90 Å². The second kappa shape index (κ2) is 7.59. The van der Waals surface area contributed by atoms with Gasteiger partial charge in [-0.1, -0.05) is 6.92 Å². The molecule has 1 atom stereocenters. The molecule has 0 radical (unpaired) electrons. The number of phenols is 1. The summed E-state index contributed by atoms with van der Waals surface area (Å²) in [7, 11) is 0. The zero-order valence-corrected chi connectivity index (χ0v) is 16.2. The second-order valence-corrected chi connectivity index (χ2v) is 7.34. The van der Waals surface area contributed by atoms with Crippen molar-refractivity contribution in [2.24, 2.45) is 0 Å². The van der Waals surface area contributed by atoms with Crippen molar-refractivity contribution in [3.05, 3.63) is 41.6 Å². The highest BCUT2D eigenvalue weighted by molar-refractivity contribution is 6.07. The van der Waals surface area contributed by atoms with E-state index in [0.717, 1.165) is 49.1 Å². The van der Waals surface area contributed by atoms with Crippen LogP contribution in [0.1, 0.15) is 35.8 Å². The van der Waals surface area contributed by atoms with Gasteiger partial charge in [-0.25, -0.2) is 4.98 Å². The molecule has 2 aromatic heterocycles. The lowest BCUT2D eigenvalue weighted by Crippen LogP contribution is -2.47. The van der Waals surface area contributed by atoms with Crippen molar-refractivity contribution in [1.29, 1.82) is 0 Å². The predicted octanol–water partition coefficient (Wildman–Crippen LogP) is 2.85. The molecule has 7 nitrogen and oxygen atoms in total. The van der Waals surface area contributed by atoms with Crippen LogP contribution in [-0.2, 0) is 0 Å². The molecule has 3 N–H and O–H groups in total. The first kappa shape index (κ1) is 18.4. The van der Waals surface area contributed by atoms with Gasteiger partial charge >= 0.3 is 0 Å². The minimum absolute atomic E-state index is 0.0973. The Morgan fingerprint density at radius 3 is 2.89 bits per heavy atom. The summed E-state index contributed by atoms with van der Waals surface area (Å²) in [5, 5.41) is 20.7. The number of piperidine rings is 1. The number of H-pyrrole nitrogens is 1. The zero-order valence-electron chi connectivity index (χ0n) is 16.2. The molecule has 3 heterocycles. The van der Waals surface area contributed by atoms with Gasteiger partial charge in [0.1, 0.15) is 5.75 Å². The number of carbonyl (C=O) groups is 1. The van der Waals surface area contributed by atoms with Crippen molar-refractivity contribution in [1.82, 2.24) is 25.4 Å². The van der Waals surface area contributed by atoms with E-state index in [1.807, 2.05) is 13.0 Å². The zero-order chi connectivity index (χ0) is 19.7. The van der Waals surface area contributed by atoms with E-state index in [0.29, 0.717) is 16.9 Å². The highest BCUT2D eigenvalue weighted by atomic mass is 16.3. The van der Waals surface area contributed by atoms with Crippen molar-refractivity contribution in [3.63, 3.8) is 0 Å². The number of rotatable bonds is 4. The number of benzene rings is 1. The maximum Gasteiger partial charge on any atom is 0.252 e. The molecule has 1 unspecified atom stereocenters. The molecule has 1 amide bonds. The predicted molar refractivity (Wildman–Crippen MR) is 108 cm³/mol. The Balaban J connectivity index is 1.69. The Morgan fingerprint density at radius 1 is 1.36 bits per heavy atom. The molecule has 7 heteroatoms. The number of phenolic OH excluding ortho intramolecular Hbond substituents is 1. The van der Waals surface area contributed by atoms with E-state index in [-0.39, 0.29) is 17.7 Å². The fraction of sp³-hybridized carbons (Fsp3) is 0.381. The number of carbonyl (C=O) groups excluding carboxylic acids is 1. The fourth-order valence-corrected chi connectivity index (χ4v) is 3.87. The maximum atomic E-state index is 13.2. The first-order chi connectivity index (χ1) is 13.5. The number of likely N-dealkylation sites (tertiary alicyclic amines) is 1. The minimum Gasteiger partial charge on any atom is -0.508 e. The number of nitrogens with zero attached hydrogens (tertiary/aromatic N) is 3. The first-order valence-electron chi connectivity index (χ1n) is 9.73. The minimum atomic E-state index is -0.0973. The van der Waals surface area contributed by atoms with Crippen LogP contribution in [0, 0.1) is 6.92 Å². The third-order valence-electron chi connectivity index (χ3n) is 5.41. The molecule has 0 saturated carbocycles. The Kier molecular flexibility index (Phi) is 5.00. The summed E-state index contributed by atoms with van der Waals surface area (Å²) in [5.41, 5.74) is 3.42. The van der Waals surface area contributed by atoms with E-state index in [2.05, 4.69) is 32.3 Å². The Bertz CT molecular complexity index is 996. The number of hydrogen-bond donors (Lipinski definition) is 3. The van der Waals surface area contributed by atoms with Crippen LogP contribution in [0.5, 0.6) is 5.75 Å². The monoisotopic (exact) mass is 379 g/mol. The van der Waals surface area contributed by atoms with Gasteiger partial charge in [0.05, 0.1) is 22.3 Å². The van der Waals surface area contributed by atoms with Crippen molar-refractivity contribution in [2.75, 3.05) is 19.6 Å². The maximum absolute atomic E-state index is 13.2. The van der Waals surface area contributed by atoms with Gasteiger partial charge in [-0.05, 0) is 63.2 Å². The van der Waals surface area contributed by atoms with Gasteiger partial charge in [0.2, 0.25) is 0 Å². The Labute approximate surface area is 163 Å². The lowest BCUT2D eigenvalue weighted by molar-refractivity contribution is 0.0907. The molecular formula is C21H25N5O2. The summed E-state index contributed by atoms with van der Waals surface area (Å²) in [4.78, 5) is 20.2. The third kappa shape index (κ3) is 3.57. The second-order valence-electron chi connectivity index (χ2n) is 7.34. The lowest BCUT2D eigenvalue weighted by atomic mass is 10.0. The molecule has 1 fully saturated rings. The highest BCUT2D eigenvalue weighted by Gasteiger charge is 2.23. The van der Waals surface area contributed by atoms with E-state index in [1.165, 1.54) is 0 Å². The van der Waals surface area contributed by atoms with Crippen LogP contribution in [0.3, 0.4) is 0 Å². The van der Waals surface area contributed by atoms with Crippen LogP contribution in [-0.4, -0.2) is 56.8 Å². The topological polar surface area (TPSA) is 94.1 Å². The van der Waals surface area contributed by atoms with Crippen molar-refractivity contribution in [3.8, 4) is 17.0 Å². The van der Waals surface area contributed by atoms with Crippen LogP contribution >= 0.6 is 0 Å². The summed E-state index contributed by atoms with van der Waals surface area (Å²) in [6.45, 7) is 6.99. The SMILES string of the molecule is CCN1CCCC(NC(=O)c2cc(-c3ccc(O)cc3)nc3[nH]nc(C)c23)C1. The summed E-state index contributed by atoms with van der Waals surface area (Å²) in [6.07, 6.45) is 2.08. The largest absolute Gasteiger partial charge is 0.508 e. The molecular weight excluding hydrogens is 354 g/mol. The van der Waals surface area contributed by atoms with Crippen LogP contribution < -0.4 is 5.32 Å². The molecule has 0 spiro atoms. The van der Waals surface area contributed by atoms with Crippen LogP contribution in [0.15, 0.2) is 30.3 Å². The van der Waals surface area contributed by atoms with E-state index in [1.54, 1.807) is 24.3 Å². The number of fused-ring (bicyclic) bond motifs is 1. The molecule has 1 aromatic carbocycles. The number of aromatic amines is 1. The van der Waals surface area contributed by atoms with Crippen LogP contribution in [0.25, 0.3) is 22.3 Å². The first-order valence-corrected chi connectivity index (χ1v) is 9.73. The standard InChI is InChI=1S/C21H25N5O2/c1-3-26-10-4-5-15(12-26)22-21(28)17-11-18(14-6-8-16(27)9-7-14)23-20-19(17)13(2)24-25-20/h6-9,11,15,27H,3-5,10,12H2,1-2H3,(H,22,28)(H,23,24,25). The quantitative estimate of drug-likeness (QED) is 0.648. The molecule has 3 aromatic rings. The Morgan fingerprint density at radius 2 is 2.14 bits per heavy atom. The number of aromatic hydroxyl groups is 1. The average Bonchev–Trinajstić information content (AvgIpc) is 3.09. The van der Waals surface area contributed by atoms with Gasteiger partial charge in [-0.2, -0.15) is 5.10 Å². The number of amides is 1. The summed E-state index contributed by atoms with van der Waals surface area (Å²) in [5.74, 6) is 0.0952. The molecule has 4 rings (SSSR count). The molecule has 0 aliphatic carbocycles. The van der Waals surface area contributed by atoms with E-state index in [4.69, 9.17) is 0 Å². The number of aryl methyl sites for hydroxylation is 1. The number of hydrogen-bond acceptors (Lipinski definition) is 5. The van der Waals surface area contributed by atoms with Crippen molar-refractivity contribution in [2.45, 2.75) is 32.7 Å². The van der Waals surface area contributed by atoms with Gasteiger partial charge in [-0.3, -0.25) is 9.89 Å². The molecule has 28 heavy (non-hydrogen) atoms. The van der Waals surface area contributed by atoms with Crippen molar-refractivity contribution < 1.29 is 9.90 Å². The number of pyridine rings is 1. The third-order valence-corrected chi connectivity index (χ3v) is 5.41. The Hall–Kier alpha value is -2.93. The molecule has 1 aliphatic heterocycles. The van der Waals surface area contributed by atoms with E-state index < -0.39 is 0 Å². The molecule has 0 bridgehead atoms. The molecule has 146 valence electrons. The summed E-state index contributed by atoms with van der Waals surface area (Å²) < 4.78 is 0. The number of likely N-dealkylation sites (N-methyl/N-ethyl adjacent to an activating group) is 1. The molecule has 1 saturated heterocycles. The van der Waals surface area contributed by atoms with Crippen molar-refractivity contribution >= 4 is 16.9 Å². The van der Waals surface area contributed by atoms with Gasteiger partial charge in [0, 0.05) is 18.2 Å². The number of nitrogens with one attached hydrogen (secondary N) is 2. The fourth-order valence-electron chi connectivity index (χ4n) is 3.87. The van der Waals surface area contributed by atoms with Crippen LogP contribution in [0.4, 0.5) is 0 Å². The molecule has 1 aliphatic rings. The van der Waals surface area contributed by atoms with Crippen LogP contribution in [0.2, 0.25) is 0 Å². The number of aromatic nitrogens is 3. The van der Waals surface area contributed by atoms with Gasteiger partial charge in [0.15, 0.2) is 5.65 Å². The summed E-state index contributed by atoms with van der Waals surface area (Å²) in [6, 6.07) is 8.76. The normalized spacial score (nSPS) is 17.7. The smallest absolute Gasteiger partial charge is 0.252 e. The van der Waals surface area contributed by atoms with Gasteiger partial charge < -0.3 is 15.3 Å². The van der Waals surface area contributed by atoms with Gasteiger partial charge in [-0.15, -0.1) is 0 Å². The highest BCUT2D eigenvalue weighted by Crippen LogP contribution is 2.27.